The highest BCUT2D eigenvalue weighted by atomic mass is 16.5. The normalized spacial score (nSPS) is 18.0. The summed E-state index contributed by atoms with van der Waals surface area (Å²) < 4.78 is 17.0. The summed E-state index contributed by atoms with van der Waals surface area (Å²) in [6.07, 6.45) is 5.49. The minimum Gasteiger partial charge on any atom is -0.497 e. The van der Waals surface area contributed by atoms with Crippen molar-refractivity contribution in [1.29, 1.82) is 0 Å². The average molecular weight is 348 g/mol. The Bertz CT molecular complexity index is 888. The maximum Gasteiger partial charge on any atom is 0.145 e. The molecule has 3 heteroatoms. The Labute approximate surface area is 154 Å². The van der Waals surface area contributed by atoms with E-state index in [-0.39, 0.29) is 0 Å². The molecular formula is C23H24O3. The zero-order valence-corrected chi connectivity index (χ0v) is 15.6. The fourth-order valence-electron chi connectivity index (χ4n) is 3.97. The van der Waals surface area contributed by atoms with Crippen molar-refractivity contribution >= 4 is 11.1 Å². The Balaban J connectivity index is 1.99. The van der Waals surface area contributed by atoms with Gasteiger partial charge in [0.1, 0.15) is 23.9 Å². The SMILES string of the molecule is CO/C1=C/C(c2ccc(OC)cc2)=C2CCCc3ccc(c(C)c32)OC1. The molecule has 4 rings (SSSR count). The summed E-state index contributed by atoms with van der Waals surface area (Å²) in [6, 6.07) is 12.6. The molecule has 1 heterocycles. The van der Waals surface area contributed by atoms with Gasteiger partial charge in [0.05, 0.1) is 14.2 Å². The second-order valence-electron chi connectivity index (χ2n) is 6.80. The summed E-state index contributed by atoms with van der Waals surface area (Å²) in [5, 5.41) is 0. The molecule has 0 fully saturated rings. The topological polar surface area (TPSA) is 27.7 Å². The number of methoxy groups -OCH3 is 2. The molecule has 0 saturated heterocycles. The third-order valence-electron chi connectivity index (χ3n) is 5.34. The van der Waals surface area contributed by atoms with Crippen molar-refractivity contribution in [2.45, 2.75) is 26.2 Å². The van der Waals surface area contributed by atoms with Crippen LogP contribution in [-0.4, -0.2) is 20.8 Å². The Morgan fingerprint density at radius 2 is 1.73 bits per heavy atom. The average Bonchev–Trinajstić information content (AvgIpc) is 2.73. The molecule has 2 aromatic rings. The van der Waals surface area contributed by atoms with Gasteiger partial charge in [0, 0.05) is 0 Å². The van der Waals surface area contributed by atoms with Crippen LogP contribution in [0.25, 0.3) is 11.1 Å². The largest absolute Gasteiger partial charge is 0.497 e. The number of rotatable bonds is 3. The number of allylic oxidation sites excluding steroid dienone is 3. The van der Waals surface area contributed by atoms with E-state index < -0.39 is 0 Å². The van der Waals surface area contributed by atoms with Crippen LogP contribution in [0.3, 0.4) is 0 Å². The van der Waals surface area contributed by atoms with Crippen LogP contribution >= 0.6 is 0 Å². The number of hydrogen-bond donors (Lipinski definition) is 0. The minimum absolute atomic E-state index is 0.434. The van der Waals surface area contributed by atoms with Crippen molar-refractivity contribution in [3.63, 3.8) is 0 Å². The molecule has 0 aromatic heterocycles. The van der Waals surface area contributed by atoms with Gasteiger partial charge in [-0.25, -0.2) is 0 Å². The van der Waals surface area contributed by atoms with Gasteiger partial charge < -0.3 is 14.2 Å². The van der Waals surface area contributed by atoms with Crippen molar-refractivity contribution in [3.05, 3.63) is 70.5 Å². The third-order valence-corrected chi connectivity index (χ3v) is 5.34. The molecule has 2 aliphatic rings. The van der Waals surface area contributed by atoms with E-state index in [1.54, 1.807) is 14.2 Å². The van der Waals surface area contributed by atoms with Gasteiger partial charge in [0.15, 0.2) is 0 Å². The van der Waals surface area contributed by atoms with Crippen LogP contribution < -0.4 is 9.47 Å². The van der Waals surface area contributed by atoms with Crippen LogP contribution in [0.2, 0.25) is 0 Å². The molecule has 0 spiro atoms. The van der Waals surface area contributed by atoms with E-state index in [9.17, 15) is 0 Å². The van der Waals surface area contributed by atoms with Gasteiger partial charge >= 0.3 is 0 Å². The molecule has 0 amide bonds. The predicted molar refractivity (Wildman–Crippen MR) is 105 cm³/mol. The molecule has 0 saturated carbocycles. The van der Waals surface area contributed by atoms with Gasteiger partial charge in [0.25, 0.3) is 0 Å². The van der Waals surface area contributed by atoms with Crippen LogP contribution in [0.15, 0.2) is 48.2 Å². The number of aryl methyl sites for hydroxylation is 1. The zero-order valence-electron chi connectivity index (χ0n) is 15.6. The first-order valence-corrected chi connectivity index (χ1v) is 9.09. The van der Waals surface area contributed by atoms with Crippen molar-refractivity contribution < 1.29 is 14.2 Å². The summed E-state index contributed by atoms with van der Waals surface area (Å²) in [7, 11) is 3.40. The monoisotopic (exact) mass is 348 g/mol. The Morgan fingerprint density at radius 1 is 0.923 bits per heavy atom. The number of fused-ring (bicyclic) bond motifs is 1. The lowest BCUT2D eigenvalue weighted by molar-refractivity contribution is 0.219. The van der Waals surface area contributed by atoms with Crippen LogP contribution in [0, 0.1) is 6.92 Å². The summed E-state index contributed by atoms with van der Waals surface area (Å²) in [4.78, 5) is 0. The van der Waals surface area contributed by atoms with Gasteiger partial charge in [-0.1, -0.05) is 18.2 Å². The molecule has 0 unspecified atom stereocenters. The first-order valence-electron chi connectivity index (χ1n) is 9.09. The van der Waals surface area contributed by atoms with Gasteiger partial charge in [-0.3, -0.25) is 0 Å². The van der Waals surface area contributed by atoms with Crippen LogP contribution in [0.5, 0.6) is 11.5 Å². The Kier molecular flexibility index (Phi) is 4.46. The van der Waals surface area contributed by atoms with Crippen molar-refractivity contribution in [1.82, 2.24) is 0 Å². The standard InChI is InChI=1S/C23H24O3/c1-15-22-12-9-17-5-4-6-20(23(15)17)21(13-19(25-3)14-26-22)16-7-10-18(24-2)11-8-16/h7-13H,4-6,14H2,1-3H3/b19-13+,21-20?. The highest BCUT2D eigenvalue weighted by Crippen LogP contribution is 2.42. The van der Waals surface area contributed by atoms with Gasteiger partial charge in [-0.2, -0.15) is 0 Å². The van der Waals surface area contributed by atoms with Crippen LogP contribution in [-0.2, 0) is 11.2 Å². The highest BCUT2D eigenvalue weighted by molar-refractivity contribution is 5.98. The van der Waals surface area contributed by atoms with Gasteiger partial charge in [-0.15, -0.1) is 0 Å². The molecule has 1 aliphatic carbocycles. The summed E-state index contributed by atoms with van der Waals surface area (Å²) >= 11 is 0. The fraction of sp³-hybridized carbons (Fsp3) is 0.304. The molecule has 1 aliphatic heterocycles. The maximum atomic E-state index is 6.05. The maximum absolute atomic E-state index is 6.05. The molecule has 2 aromatic carbocycles. The molecule has 0 N–H and O–H groups in total. The lowest BCUT2D eigenvalue weighted by Gasteiger charge is -2.24. The molecule has 3 nitrogen and oxygen atoms in total. The van der Waals surface area contributed by atoms with E-state index in [1.807, 2.05) is 12.1 Å². The second-order valence-corrected chi connectivity index (χ2v) is 6.80. The minimum atomic E-state index is 0.434. The van der Waals surface area contributed by atoms with Gasteiger partial charge in [-0.05, 0) is 83.9 Å². The quantitative estimate of drug-likeness (QED) is 0.765. The third kappa shape index (κ3) is 2.88. The molecule has 26 heavy (non-hydrogen) atoms. The van der Waals surface area contributed by atoms with Crippen LogP contribution in [0.4, 0.5) is 0 Å². The first-order chi connectivity index (χ1) is 12.7. The highest BCUT2D eigenvalue weighted by Gasteiger charge is 2.23. The van der Waals surface area contributed by atoms with E-state index in [4.69, 9.17) is 14.2 Å². The van der Waals surface area contributed by atoms with E-state index >= 15 is 0 Å². The van der Waals surface area contributed by atoms with Gasteiger partial charge in [0.2, 0.25) is 0 Å². The Morgan fingerprint density at radius 3 is 2.46 bits per heavy atom. The van der Waals surface area contributed by atoms with Crippen molar-refractivity contribution in [2.24, 2.45) is 0 Å². The Hall–Kier alpha value is -2.68. The molecule has 0 atom stereocenters. The van der Waals surface area contributed by atoms with E-state index in [0.717, 1.165) is 36.5 Å². The number of hydrogen-bond acceptors (Lipinski definition) is 3. The molecule has 134 valence electrons. The van der Waals surface area contributed by atoms with Crippen LogP contribution in [0.1, 0.15) is 35.1 Å². The summed E-state index contributed by atoms with van der Waals surface area (Å²) in [5.41, 5.74) is 7.78. The van der Waals surface area contributed by atoms with Crippen molar-refractivity contribution in [3.8, 4) is 11.5 Å². The number of ether oxygens (including phenoxy) is 3. The lowest BCUT2D eigenvalue weighted by atomic mass is 9.80. The lowest BCUT2D eigenvalue weighted by Crippen LogP contribution is -2.07. The van der Waals surface area contributed by atoms with Crippen molar-refractivity contribution in [2.75, 3.05) is 20.8 Å². The summed E-state index contributed by atoms with van der Waals surface area (Å²) in [6.45, 7) is 2.60. The molecular weight excluding hydrogens is 324 g/mol. The number of benzene rings is 2. The molecule has 0 radical (unpaired) electrons. The zero-order chi connectivity index (χ0) is 18.1. The first kappa shape index (κ1) is 16.8. The second kappa shape index (κ2) is 6.91. The fourth-order valence-corrected chi connectivity index (χ4v) is 3.97. The molecule has 2 bridgehead atoms. The van der Waals surface area contributed by atoms with E-state index in [2.05, 4.69) is 37.3 Å². The predicted octanol–water partition coefficient (Wildman–Crippen LogP) is 5.17. The van der Waals surface area contributed by atoms with E-state index in [0.29, 0.717) is 6.61 Å². The van der Waals surface area contributed by atoms with E-state index in [1.165, 1.54) is 33.4 Å². The smallest absolute Gasteiger partial charge is 0.145 e. The summed E-state index contributed by atoms with van der Waals surface area (Å²) in [5.74, 6) is 2.64.